The van der Waals surface area contributed by atoms with Crippen LogP contribution in [0.4, 0.5) is 4.39 Å². The van der Waals surface area contributed by atoms with Crippen molar-refractivity contribution >= 4 is 21.9 Å². The van der Waals surface area contributed by atoms with Crippen LogP contribution in [-0.2, 0) is 16.4 Å². The van der Waals surface area contributed by atoms with Crippen molar-refractivity contribution in [3.05, 3.63) is 65.5 Å². The third-order valence-electron chi connectivity index (χ3n) is 5.31. The summed E-state index contributed by atoms with van der Waals surface area (Å²) in [5.74, 6) is -0.939. The molecule has 0 bridgehead atoms. The molecule has 0 spiro atoms. The predicted molar refractivity (Wildman–Crippen MR) is 122 cm³/mol. The van der Waals surface area contributed by atoms with Crippen LogP contribution in [0.2, 0.25) is 0 Å². The molecule has 0 saturated heterocycles. The summed E-state index contributed by atoms with van der Waals surface area (Å²) < 4.78 is 41.0. The summed E-state index contributed by atoms with van der Waals surface area (Å²) in [5, 5.41) is 14.0. The molecule has 0 heterocycles. The summed E-state index contributed by atoms with van der Waals surface area (Å²) in [7, 11) is -3.92. The van der Waals surface area contributed by atoms with Crippen LogP contribution in [0.1, 0.15) is 48.0 Å². The number of nitrogens with one attached hydrogen (secondary N) is 3. The van der Waals surface area contributed by atoms with E-state index in [1.807, 2.05) is 0 Å². The van der Waals surface area contributed by atoms with Crippen molar-refractivity contribution in [3.63, 3.8) is 0 Å². The molecule has 2 aromatic carbocycles. The topological polar surface area (TPSA) is 123 Å². The molecule has 3 rings (SSSR count). The van der Waals surface area contributed by atoms with Gasteiger partial charge in [0.25, 0.3) is 15.9 Å². The monoisotopic (exact) mass is 471 g/mol. The number of amides is 1. The van der Waals surface area contributed by atoms with E-state index in [9.17, 15) is 17.6 Å². The highest BCUT2D eigenvalue weighted by Crippen LogP contribution is 2.20. The summed E-state index contributed by atoms with van der Waals surface area (Å²) in [6.07, 6.45) is 7.13. The second-order valence-corrected chi connectivity index (χ2v) is 9.45. The second kappa shape index (κ2) is 11.4. The van der Waals surface area contributed by atoms with Gasteiger partial charge in [-0.15, -0.1) is 0 Å². The quantitative estimate of drug-likeness (QED) is 0.248. The first-order valence-corrected chi connectivity index (χ1v) is 12.2. The van der Waals surface area contributed by atoms with Gasteiger partial charge in [0, 0.05) is 12.1 Å². The minimum atomic E-state index is -3.92. The lowest BCUT2D eigenvalue weighted by molar-refractivity contribution is 0.0953. The summed E-state index contributed by atoms with van der Waals surface area (Å²) in [6, 6.07) is 11.6. The van der Waals surface area contributed by atoms with Gasteiger partial charge in [0.1, 0.15) is 5.82 Å². The van der Waals surface area contributed by atoms with Crippen molar-refractivity contribution in [2.24, 2.45) is 4.99 Å². The minimum absolute atomic E-state index is 0.0118. The number of carbonyl (C=O) groups is 1. The number of carbonyl (C=O) groups excluding carboxylic acids is 1. The van der Waals surface area contributed by atoms with E-state index in [4.69, 9.17) is 5.26 Å². The summed E-state index contributed by atoms with van der Waals surface area (Å²) in [6.45, 7) is 0.310. The number of nitrogens with zero attached hydrogens (tertiary/aromatic N) is 2. The summed E-state index contributed by atoms with van der Waals surface area (Å²) >= 11 is 0. The van der Waals surface area contributed by atoms with Crippen LogP contribution in [0, 0.1) is 17.3 Å². The van der Waals surface area contributed by atoms with Gasteiger partial charge in [-0.2, -0.15) is 5.26 Å². The molecule has 3 N–H and O–H groups in total. The van der Waals surface area contributed by atoms with Crippen molar-refractivity contribution in [2.45, 2.75) is 49.5 Å². The van der Waals surface area contributed by atoms with Crippen molar-refractivity contribution in [1.82, 2.24) is 15.4 Å². The van der Waals surface area contributed by atoms with Gasteiger partial charge in [0.05, 0.1) is 10.9 Å². The summed E-state index contributed by atoms with van der Waals surface area (Å²) in [5.41, 5.74) is 1.05. The fourth-order valence-corrected chi connectivity index (χ4v) is 4.57. The van der Waals surface area contributed by atoms with Gasteiger partial charge in [0.15, 0.2) is 6.19 Å². The summed E-state index contributed by atoms with van der Waals surface area (Å²) in [4.78, 5) is 16.5. The van der Waals surface area contributed by atoms with Crippen LogP contribution < -0.4 is 15.4 Å². The third kappa shape index (κ3) is 7.29. The zero-order valence-electron chi connectivity index (χ0n) is 18.1. The second-order valence-electron chi connectivity index (χ2n) is 7.77. The van der Waals surface area contributed by atoms with Crippen LogP contribution in [0.15, 0.2) is 58.4 Å². The number of nitriles is 1. The van der Waals surface area contributed by atoms with Gasteiger partial charge in [-0.25, -0.2) is 22.5 Å². The Kier molecular flexibility index (Phi) is 8.38. The van der Waals surface area contributed by atoms with Gasteiger partial charge >= 0.3 is 0 Å². The maximum Gasteiger partial charge on any atom is 0.264 e. The SMILES string of the molecule is N#CNC(=NC1CCCCC1)NS(=O)(=O)c1ccc(CCNC(=O)c2cccc(F)c2)cc1. The number of sulfonamides is 1. The molecule has 174 valence electrons. The molecule has 10 heteroatoms. The Morgan fingerprint density at radius 3 is 2.52 bits per heavy atom. The van der Waals surface area contributed by atoms with E-state index in [0.29, 0.717) is 13.0 Å². The number of halogens is 1. The Balaban J connectivity index is 1.57. The molecule has 1 aliphatic carbocycles. The third-order valence-corrected chi connectivity index (χ3v) is 6.67. The molecule has 0 unspecified atom stereocenters. The smallest absolute Gasteiger partial charge is 0.264 e. The number of rotatable bonds is 7. The lowest BCUT2D eigenvalue weighted by Crippen LogP contribution is -2.40. The Morgan fingerprint density at radius 1 is 1.12 bits per heavy atom. The van der Waals surface area contributed by atoms with Crippen LogP contribution in [0.25, 0.3) is 0 Å². The molecular formula is C23H26FN5O3S. The zero-order chi connectivity index (χ0) is 23.7. The number of hydrogen-bond acceptors (Lipinski definition) is 5. The lowest BCUT2D eigenvalue weighted by Gasteiger charge is -2.19. The maximum atomic E-state index is 13.2. The van der Waals surface area contributed by atoms with E-state index in [-0.39, 0.29) is 28.4 Å². The number of benzene rings is 2. The fraction of sp³-hybridized carbons (Fsp3) is 0.348. The molecule has 0 aliphatic heterocycles. The Morgan fingerprint density at radius 2 is 1.85 bits per heavy atom. The number of aliphatic imine (C=N–C) groups is 1. The van der Waals surface area contributed by atoms with E-state index in [1.54, 1.807) is 18.3 Å². The molecule has 0 aromatic heterocycles. The Hall–Kier alpha value is -3.45. The minimum Gasteiger partial charge on any atom is -0.352 e. The average Bonchev–Trinajstić information content (AvgIpc) is 2.80. The van der Waals surface area contributed by atoms with Gasteiger partial charge in [0.2, 0.25) is 5.96 Å². The Labute approximate surface area is 193 Å². The highest BCUT2D eigenvalue weighted by Gasteiger charge is 2.19. The molecule has 1 aliphatic rings. The molecule has 0 radical (unpaired) electrons. The van der Waals surface area contributed by atoms with Gasteiger partial charge in [-0.1, -0.05) is 37.5 Å². The molecule has 33 heavy (non-hydrogen) atoms. The maximum absolute atomic E-state index is 13.2. The van der Waals surface area contributed by atoms with E-state index in [0.717, 1.165) is 43.7 Å². The van der Waals surface area contributed by atoms with Crippen LogP contribution >= 0.6 is 0 Å². The van der Waals surface area contributed by atoms with E-state index < -0.39 is 15.8 Å². The zero-order valence-corrected chi connectivity index (χ0v) is 18.9. The number of guanidine groups is 1. The van der Waals surface area contributed by atoms with E-state index >= 15 is 0 Å². The van der Waals surface area contributed by atoms with Crippen molar-refractivity contribution < 1.29 is 17.6 Å². The van der Waals surface area contributed by atoms with Crippen molar-refractivity contribution in [3.8, 4) is 6.19 Å². The van der Waals surface area contributed by atoms with Crippen molar-refractivity contribution in [1.29, 1.82) is 5.26 Å². The first-order chi connectivity index (χ1) is 15.9. The van der Waals surface area contributed by atoms with E-state index in [1.165, 1.54) is 30.3 Å². The molecule has 1 fully saturated rings. The fourth-order valence-electron chi connectivity index (χ4n) is 3.60. The van der Waals surface area contributed by atoms with E-state index in [2.05, 4.69) is 20.3 Å². The first-order valence-electron chi connectivity index (χ1n) is 10.8. The molecule has 2 aromatic rings. The normalized spacial score (nSPS) is 14.8. The lowest BCUT2D eigenvalue weighted by atomic mass is 9.96. The molecular weight excluding hydrogens is 445 g/mol. The standard InChI is InChI=1S/C23H26FN5O3S/c24-19-6-4-5-18(15-19)22(30)26-14-13-17-9-11-21(12-10-17)33(31,32)29-23(27-16-25)28-20-7-2-1-3-8-20/h4-6,9-12,15,20H,1-3,7-8,13-14H2,(H,26,30)(H2,27,28,29). The molecule has 1 saturated carbocycles. The molecule has 0 atom stereocenters. The van der Waals surface area contributed by atoms with Gasteiger partial charge < -0.3 is 5.32 Å². The average molecular weight is 472 g/mol. The highest BCUT2D eigenvalue weighted by atomic mass is 32.2. The Bertz CT molecular complexity index is 1140. The molecule has 1 amide bonds. The largest absolute Gasteiger partial charge is 0.352 e. The number of hydrogen-bond donors (Lipinski definition) is 3. The highest BCUT2D eigenvalue weighted by molar-refractivity contribution is 7.90. The van der Waals surface area contributed by atoms with Gasteiger partial charge in [-0.3, -0.25) is 10.1 Å². The van der Waals surface area contributed by atoms with Crippen LogP contribution in [-0.4, -0.2) is 32.9 Å². The van der Waals surface area contributed by atoms with Crippen molar-refractivity contribution in [2.75, 3.05) is 6.54 Å². The van der Waals surface area contributed by atoms with Crippen LogP contribution in [0.5, 0.6) is 0 Å². The van der Waals surface area contributed by atoms with Crippen LogP contribution in [0.3, 0.4) is 0 Å². The first kappa shape index (κ1) is 24.2. The molecule has 8 nitrogen and oxygen atoms in total. The predicted octanol–water partition coefficient (Wildman–Crippen LogP) is 2.84. The van der Waals surface area contributed by atoms with Gasteiger partial charge in [-0.05, 0) is 55.2 Å².